The molecule has 0 saturated heterocycles. The molecule has 0 heterocycles. The van der Waals surface area contributed by atoms with Crippen LogP contribution in [0.2, 0.25) is 0 Å². The predicted molar refractivity (Wildman–Crippen MR) is 69.5 cm³/mol. The normalized spacial score (nSPS) is 17.5. The number of nitro groups is 1. The molecule has 0 bridgehead atoms. The van der Waals surface area contributed by atoms with Gasteiger partial charge in [0.1, 0.15) is 0 Å². The molecule has 106 valence electrons. The first-order valence-corrected chi connectivity index (χ1v) is 6.09. The van der Waals surface area contributed by atoms with E-state index in [0.29, 0.717) is 5.56 Å². The van der Waals surface area contributed by atoms with E-state index in [4.69, 9.17) is 5.11 Å². The first-order chi connectivity index (χ1) is 8.88. The van der Waals surface area contributed by atoms with Crippen molar-refractivity contribution in [1.29, 1.82) is 0 Å². The molecule has 19 heavy (non-hydrogen) atoms. The zero-order chi connectivity index (χ0) is 14.6. The molecule has 0 saturated carbocycles. The summed E-state index contributed by atoms with van der Waals surface area (Å²) in [6.45, 7) is 3.19. The van der Waals surface area contributed by atoms with E-state index in [9.17, 15) is 20.3 Å². The van der Waals surface area contributed by atoms with Crippen LogP contribution in [0.15, 0.2) is 24.3 Å². The molecule has 0 aliphatic carbocycles. The van der Waals surface area contributed by atoms with Gasteiger partial charge in [0.15, 0.2) is 0 Å². The van der Waals surface area contributed by atoms with Gasteiger partial charge in [-0.2, -0.15) is 0 Å². The van der Waals surface area contributed by atoms with Crippen molar-refractivity contribution in [2.75, 3.05) is 6.61 Å². The minimum absolute atomic E-state index is 0.0483. The summed E-state index contributed by atoms with van der Waals surface area (Å²) < 4.78 is 0. The predicted octanol–water partition coefficient (Wildman–Crippen LogP) is 1.25. The van der Waals surface area contributed by atoms with E-state index in [1.54, 1.807) is 13.8 Å². The van der Waals surface area contributed by atoms with Gasteiger partial charge in [-0.3, -0.25) is 10.1 Å². The highest BCUT2D eigenvalue weighted by Gasteiger charge is 2.27. The third-order valence-electron chi connectivity index (χ3n) is 3.35. The number of aliphatic hydroxyl groups excluding tert-OH is 3. The van der Waals surface area contributed by atoms with Crippen LogP contribution in [0.5, 0.6) is 0 Å². The van der Waals surface area contributed by atoms with Crippen molar-refractivity contribution in [3.63, 3.8) is 0 Å². The first-order valence-electron chi connectivity index (χ1n) is 6.09. The van der Waals surface area contributed by atoms with Crippen molar-refractivity contribution in [3.05, 3.63) is 39.9 Å². The van der Waals surface area contributed by atoms with E-state index >= 15 is 0 Å². The van der Waals surface area contributed by atoms with Crippen molar-refractivity contribution < 1.29 is 20.2 Å². The lowest BCUT2D eigenvalue weighted by atomic mass is 9.86. The van der Waals surface area contributed by atoms with Crippen LogP contribution in [0, 0.1) is 22.0 Å². The molecular weight excluding hydrogens is 250 g/mol. The smallest absolute Gasteiger partial charge is 0.269 e. The lowest BCUT2D eigenvalue weighted by Crippen LogP contribution is -2.31. The maximum absolute atomic E-state index is 10.5. The van der Waals surface area contributed by atoms with Crippen molar-refractivity contribution in [2.45, 2.75) is 26.1 Å². The highest BCUT2D eigenvalue weighted by molar-refractivity contribution is 5.33. The highest BCUT2D eigenvalue weighted by Crippen LogP contribution is 2.28. The summed E-state index contributed by atoms with van der Waals surface area (Å²) >= 11 is 0. The number of rotatable bonds is 6. The van der Waals surface area contributed by atoms with E-state index in [0.717, 1.165) is 0 Å². The van der Waals surface area contributed by atoms with Gasteiger partial charge in [-0.15, -0.1) is 0 Å². The molecule has 3 N–H and O–H groups in total. The van der Waals surface area contributed by atoms with Crippen LogP contribution >= 0.6 is 0 Å². The monoisotopic (exact) mass is 269 g/mol. The number of nitro benzene ring substituents is 1. The molecule has 4 unspecified atom stereocenters. The minimum atomic E-state index is -0.940. The van der Waals surface area contributed by atoms with Crippen LogP contribution in [0.4, 0.5) is 5.69 Å². The van der Waals surface area contributed by atoms with Gasteiger partial charge >= 0.3 is 0 Å². The number of benzene rings is 1. The Morgan fingerprint density at radius 1 is 1.21 bits per heavy atom. The summed E-state index contributed by atoms with van der Waals surface area (Å²) in [6.07, 6.45) is -1.79. The van der Waals surface area contributed by atoms with Gasteiger partial charge in [-0.05, 0) is 17.7 Å². The Bertz CT molecular complexity index is 420. The molecule has 1 rings (SSSR count). The zero-order valence-corrected chi connectivity index (χ0v) is 10.9. The summed E-state index contributed by atoms with van der Waals surface area (Å²) in [4.78, 5) is 10.0. The molecule has 6 nitrogen and oxygen atoms in total. The maximum atomic E-state index is 10.5. The summed E-state index contributed by atoms with van der Waals surface area (Å²) in [7, 11) is 0. The quantitative estimate of drug-likeness (QED) is 0.532. The third kappa shape index (κ3) is 3.73. The number of non-ortho nitro benzene ring substituents is 1. The highest BCUT2D eigenvalue weighted by atomic mass is 16.6. The van der Waals surface area contributed by atoms with Gasteiger partial charge in [-0.25, -0.2) is 0 Å². The Hall–Kier alpha value is -1.50. The molecule has 1 aromatic rings. The fourth-order valence-electron chi connectivity index (χ4n) is 1.91. The Morgan fingerprint density at radius 2 is 1.74 bits per heavy atom. The van der Waals surface area contributed by atoms with E-state index in [1.165, 1.54) is 24.3 Å². The molecule has 0 spiro atoms. The Morgan fingerprint density at radius 3 is 2.16 bits per heavy atom. The fraction of sp³-hybridized carbons (Fsp3) is 0.538. The summed E-state index contributed by atoms with van der Waals surface area (Å²) in [5.41, 5.74) is 0.454. The van der Waals surface area contributed by atoms with Crippen LogP contribution < -0.4 is 0 Å². The van der Waals surface area contributed by atoms with Crippen LogP contribution in [0.3, 0.4) is 0 Å². The van der Waals surface area contributed by atoms with E-state index < -0.39 is 23.0 Å². The average Bonchev–Trinajstić information content (AvgIpc) is 2.44. The van der Waals surface area contributed by atoms with Gasteiger partial charge in [-0.1, -0.05) is 13.8 Å². The molecule has 0 radical (unpaired) electrons. The Labute approximate surface area is 111 Å². The van der Waals surface area contributed by atoms with E-state index in [2.05, 4.69) is 0 Å². The largest absolute Gasteiger partial charge is 0.396 e. The Kier molecular flexibility index (Phi) is 5.41. The Balaban J connectivity index is 2.81. The number of hydrogen-bond acceptors (Lipinski definition) is 5. The molecule has 0 aliphatic rings. The maximum Gasteiger partial charge on any atom is 0.269 e. The second kappa shape index (κ2) is 6.60. The van der Waals surface area contributed by atoms with Gasteiger partial charge in [0.2, 0.25) is 0 Å². The van der Waals surface area contributed by atoms with Crippen molar-refractivity contribution >= 4 is 5.69 Å². The van der Waals surface area contributed by atoms with E-state index in [1.807, 2.05) is 0 Å². The van der Waals surface area contributed by atoms with Gasteiger partial charge in [0.05, 0.1) is 17.1 Å². The van der Waals surface area contributed by atoms with Crippen LogP contribution in [-0.2, 0) is 0 Å². The van der Waals surface area contributed by atoms with E-state index in [-0.39, 0.29) is 18.2 Å². The second-order valence-electron chi connectivity index (χ2n) is 4.80. The van der Waals surface area contributed by atoms with Gasteiger partial charge < -0.3 is 15.3 Å². The third-order valence-corrected chi connectivity index (χ3v) is 3.35. The van der Waals surface area contributed by atoms with Crippen molar-refractivity contribution in [2.24, 2.45) is 11.8 Å². The number of aliphatic hydroxyl groups is 3. The standard InChI is InChI=1S/C13H19NO5/c1-8(7-15)12(16)9(2)13(17)10-3-5-11(6-4-10)14(18)19/h3-6,8-9,12-13,15-17H,7H2,1-2H3. The molecule has 1 aromatic carbocycles. The SMILES string of the molecule is CC(CO)C(O)C(C)C(O)c1ccc([N+](=O)[O-])cc1. The van der Waals surface area contributed by atoms with Gasteiger partial charge in [0, 0.05) is 30.6 Å². The minimum Gasteiger partial charge on any atom is -0.396 e. The topological polar surface area (TPSA) is 104 Å². The molecule has 0 fully saturated rings. The van der Waals surface area contributed by atoms with Crippen LogP contribution in [-0.4, -0.2) is 33.0 Å². The first kappa shape index (κ1) is 15.6. The van der Waals surface area contributed by atoms with Crippen LogP contribution in [0.1, 0.15) is 25.5 Å². The van der Waals surface area contributed by atoms with Crippen molar-refractivity contribution in [3.8, 4) is 0 Å². The molecule has 0 amide bonds. The lowest BCUT2D eigenvalue weighted by Gasteiger charge is -2.27. The number of hydrogen-bond donors (Lipinski definition) is 3. The van der Waals surface area contributed by atoms with Crippen LogP contribution in [0.25, 0.3) is 0 Å². The molecule has 0 aliphatic heterocycles. The molecule has 0 aromatic heterocycles. The second-order valence-corrected chi connectivity index (χ2v) is 4.80. The molecular formula is C13H19NO5. The summed E-state index contributed by atoms with van der Waals surface area (Å²) in [5, 5.41) is 39.6. The molecule has 4 atom stereocenters. The molecule has 6 heteroatoms. The zero-order valence-electron chi connectivity index (χ0n) is 10.9. The van der Waals surface area contributed by atoms with Crippen molar-refractivity contribution in [1.82, 2.24) is 0 Å². The summed E-state index contributed by atoms with van der Waals surface area (Å²) in [6, 6.07) is 5.56. The van der Waals surface area contributed by atoms with Gasteiger partial charge in [0.25, 0.3) is 5.69 Å². The number of nitrogens with zero attached hydrogens (tertiary/aromatic N) is 1. The lowest BCUT2D eigenvalue weighted by molar-refractivity contribution is -0.384. The fourth-order valence-corrected chi connectivity index (χ4v) is 1.91. The summed E-state index contributed by atoms with van der Waals surface area (Å²) in [5.74, 6) is -0.827. The average molecular weight is 269 g/mol.